The Kier molecular flexibility index (Phi) is 2.38. The van der Waals surface area contributed by atoms with Crippen LogP contribution in [0.5, 0.6) is 0 Å². The average Bonchev–Trinajstić information content (AvgIpc) is 2.72. The second kappa shape index (κ2) is 3.88. The van der Waals surface area contributed by atoms with Gasteiger partial charge >= 0.3 is 0 Å². The monoisotopic (exact) mass is 221 g/mol. The van der Waals surface area contributed by atoms with E-state index < -0.39 is 0 Å². The lowest BCUT2D eigenvalue weighted by Crippen LogP contribution is -2.31. The lowest BCUT2D eigenvalue weighted by atomic mass is 10.0. The van der Waals surface area contributed by atoms with Crippen molar-refractivity contribution in [1.29, 1.82) is 0 Å². The first-order valence-corrected chi connectivity index (χ1v) is 5.86. The highest BCUT2D eigenvalue weighted by Gasteiger charge is 2.47. The van der Waals surface area contributed by atoms with Gasteiger partial charge in [0.25, 0.3) is 0 Å². The molecule has 0 saturated heterocycles. The summed E-state index contributed by atoms with van der Waals surface area (Å²) in [7, 11) is 0. The number of nitrogens with one attached hydrogen (secondary N) is 1. The molecule has 2 aliphatic carbocycles. The van der Waals surface area contributed by atoms with Gasteiger partial charge in [0.05, 0.1) is 0 Å². The molecule has 0 aliphatic heterocycles. The maximum atomic E-state index is 11.8. The maximum absolute atomic E-state index is 11.8. The summed E-state index contributed by atoms with van der Waals surface area (Å²) in [6, 6.07) is 0. The molecule has 86 valence electrons. The van der Waals surface area contributed by atoms with Crippen molar-refractivity contribution in [2.75, 3.05) is 6.54 Å². The van der Waals surface area contributed by atoms with Crippen molar-refractivity contribution in [2.45, 2.75) is 25.7 Å². The molecule has 0 spiro atoms. The fraction of sp³-hybridized carbons (Fsp3) is 0.727. The molecule has 5 heteroatoms. The fourth-order valence-corrected chi connectivity index (χ4v) is 2.67. The Morgan fingerprint density at radius 2 is 2.25 bits per heavy atom. The van der Waals surface area contributed by atoms with Crippen LogP contribution in [0.2, 0.25) is 0 Å². The molecular weight excluding hydrogens is 206 g/mol. The number of carbonyl (C=O) groups excluding carboxylic acids is 1. The molecule has 1 aromatic heterocycles. The molecule has 1 aromatic rings. The number of fused-ring (bicyclic) bond motifs is 1. The van der Waals surface area contributed by atoms with E-state index >= 15 is 0 Å². The Balaban J connectivity index is 1.40. The Labute approximate surface area is 93.6 Å². The maximum Gasteiger partial charge on any atom is 0.223 e. The molecule has 5 nitrogen and oxygen atoms in total. The molecule has 2 unspecified atom stereocenters. The molecule has 0 radical (unpaired) electrons. The number of nitrogens with zero attached hydrogens (tertiary/aromatic N) is 2. The third kappa shape index (κ3) is 1.94. The highest BCUT2D eigenvalue weighted by Crippen LogP contribution is 2.54. The Morgan fingerprint density at radius 1 is 1.44 bits per heavy atom. The predicted molar refractivity (Wildman–Crippen MR) is 55.3 cm³/mol. The van der Waals surface area contributed by atoms with Crippen molar-refractivity contribution in [3.63, 3.8) is 0 Å². The molecule has 1 N–H and O–H groups in total. The molecule has 0 aromatic carbocycles. The van der Waals surface area contributed by atoms with Crippen molar-refractivity contribution in [1.82, 2.24) is 15.5 Å². The van der Waals surface area contributed by atoms with Gasteiger partial charge in [-0.05, 0) is 31.1 Å². The van der Waals surface area contributed by atoms with E-state index in [1.54, 1.807) is 0 Å². The van der Waals surface area contributed by atoms with E-state index in [2.05, 4.69) is 20.0 Å². The highest BCUT2D eigenvalue weighted by molar-refractivity contribution is 5.79. The lowest BCUT2D eigenvalue weighted by Gasteiger charge is -2.11. The molecule has 2 aliphatic rings. The lowest BCUT2D eigenvalue weighted by molar-refractivity contribution is -0.125. The SMILES string of the molecule is O=C(NCCc1ncon1)C1CC2CC2C1. The second-order valence-corrected chi connectivity index (χ2v) is 4.81. The number of rotatable bonds is 4. The molecule has 0 bridgehead atoms. The Morgan fingerprint density at radius 3 is 2.94 bits per heavy atom. The Bertz CT molecular complexity index is 367. The molecule has 16 heavy (non-hydrogen) atoms. The minimum Gasteiger partial charge on any atom is -0.355 e. The molecule has 2 atom stereocenters. The van der Waals surface area contributed by atoms with E-state index in [9.17, 15) is 4.79 Å². The first kappa shape index (κ1) is 9.81. The number of hydrogen-bond acceptors (Lipinski definition) is 4. The van der Waals surface area contributed by atoms with E-state index in [0.717, 1.165) is 24.7 Å². The zero-order valence-electron chi connectivity index (χ0n) is 9.06. The second-order valence-electron chi connectivity index (χ2n) is 4.81. The van der Waals surface area contributed by atoms with Crippen LogP contribution in [0.1, 0.15) is 25.1 Å². The molecule has 1 amide bonds. The van der Waals surface area contributed by atoms with Gasteiger partial charge in [-0.3, -0.25) is 4.79 Å². The summed E-state index contributed by atoms with van der Waals surface area (Å²) in [6.45, 7) is 0.601. The number of hydrogen-bond donors (Lipinski definition) is 1. The standard InChI is InChI=1S/C11H15N3O2/c15-11(9-4-7-3-8(7)5-9)12-2-1-10-13-6-16-14-10/h6-9H,1-5H2,(H,12,15). The van der Waals surface area contributed by atoms with Gasteiger partial charge in [0.1, 0.15) is 0 Å². The van der Waals surface area contributed by atoms with Crippen LogP contribution in [0.25, 0.3) is 0 Å². The van der Waals surface area contributed by atoms with Crippen molar-refractivity contribution >= 4 is 5.91 Å². The molecular formula is C11H15N3O2. The number of carbonyl (C=O) groups is 1. The molecule has 2 saturated carbocycles. The zero-order chi connectivity index (χ0) is 11.0. The van der Waals surface area contributed by atoms with E-state index in [4.69, 9.17) is 0 Å². The highest BCUT2D eigenvalue weighted by atomic mass is 16.5. The van der Waals surface area contributed by atoms with E-state index in [0.29, 0.717) is 18.8 Å². The smallest absolute Gasteiger partial charge is 0.223 e. The van der Waals surface area contributed by atoms with Crippen LogP contribution in [-0.2, 0) is 11.2 Å². The van der Waals surface area contributed by atoms with Gasteiger partial charge in [-0.25, -0.2) is 0 Å². The van der Waals surface area contributed by atoms with Gasteiger partial charge in [-0.1, -0.05) is 5.16 Å². The summed E-state index contributed by atoms with van der Waals surface area (Å²) in [5.41, 5.74) is 0. The quantitative estimate of drug-likeness (QED) is 0.815. The van der Waals surface area contributed by atoms with Gasteiger partial charge in [-0.15, -0.1) is 0 Å². The van der Waals surface area contributed by atoms with Crippen LogP contribution < -0.4 is 5.32 Å². The van der Waals surface area contributed by atoms with Gasteiger partial charge in [-0.2, -0.15) is 4.98 Å². The summed E-state index contributed by atoms with van der Waals surface area (Å²) in [5, 5.41) is 6.64. The van der Waals surface area contributed by atoms with E-state index in [1.165, 1.54) is 12.8 Å². The summed E-state index contributed by atoms with van der Waals surface area (Å²) in [6.07, 6.45) is 5.49. The van der Waals surface area contributed by atoms with Gasteiger partial charge in [0, 0.05) is 18.9 Å². The van der Waals surface area contributed by atoms with Crippen LogP contribution in [0.15, 0.2) is 10.9 Å². The third-order valence-corrected chi connectivity index (χ3v) is 3.67. The van der Waals surface area contributed by atoms with Crippen LogP contribution in [0.4, 0.5) is 0 Å². The first-order valence-electron chi connectivity index (χ1n) is 5.86. The summed E-state index contributed by atoms with van der Waals surface area (Å²) >= 11 is 0. The molecule has 3 rings (SSSR count). The van der Waals surface area contributed by atoms with Gasteiger partial charge in [0.15, 0.2) is 5.82 Å². The van der Waals surface area contributed by atoms with Crippen molar-refractivity contribution in [3.8, 4) is 0 Å². The molecule has 2 fully saturated rings. The van der Waals surface area contributed by atoms with Crippen molar-refractivity contribution in [2.24, 2.45) is 17.8 Å². The minimum atomic E-state index is 0.204. The zero-order valence-corrected chi connectivity index (χ0v) is 9.06. The van der Waals surface area contributed by atoms with E-state index in [1.807, 2.05) is 0 Å². The number of aromatic nitrogens is 2. The summed E-state index contributed by atoms with van der Waals surface area (Å²) in [4.78, 5) is 15.7. The van der Waals surface area contributed by atoms with E-state index in [-0.39, 0.29) is 11.8 Å². The summed E-state index contributed by atoms with van der Waals surface area (Å²) < 4.78 is 4.62. The van der Waals surface area contributed by atoms with Crippen molar-refractivity contribution < 1.29 is 9.32 Å². The normalized spacial score (nSPS) is 31.1. The van der Waals surface area contributed by atoms with Crippen LogP contribution in [0, 0.1) is 17.8 Å². The predicted octanol–water partition coefficient (Wildman–Crippen LogP) is 0.774. The van der Waals surface area contributed by atoms with Crippen LogP contribution in [0.3, 0.4) is 0 Å². The van der Waals surface area contributed by atoms with Gasteiger partial charge < -0.3 is 9.84 Å². The largest absolute Gasteiger partial charge is 0.355 e. The summed E-state index contributed by atoms with van der Waals surface area (Å²) in [5.74, 6) is 2.82. The minimum absolute atomic E-state index is 0.204. The van der Waals surface area contributed by atoms with Gasteiger partial charge in [0.2, 0.25) is 12.3 Å². The average molecular weight is 221 g/mol. The third-order valence-electron chi connectivity index (χ3n) is 3.67. The fourth-order valence-electron chi connectivity index (χ4n) is 2.67. The van der Waals surface area contributed by atoms with Crippen molar-refractivity contribution in [3.05, 3.63) is 12.2 Å². The topological polar surface area (TPSA) is 68.0 Å². The Hall–Kier alpha value is -1.39. The molecule has 1 heterocycles. The van der Waals surface area contributed by atoms with Crippen LogP contribution >= 0.6 is 0 Å². The number of amides is 1. The first-order chi connectivity index (χ1) is 7.83. The van der Waals surface area contributed by atoms with Crippen LogP contribution in [-0.4, -0.2) is 22.6 Å².